The van der Waals surface area contributed by atoms with Crippen LogP contribution in [0.5, 0.6) is 0 Å². The second kappa shape index (κ2) is 6.97. The fraction of sp³-hybridized carbons (Fsp3) is 0.538. The largest absolute Gasteiger partial charge is 0.388 e. The summed E-state index contributed by atoms with van der Waals surface area (Å²) in [6.45, 7) is 4.43. The van der Waals surface area contributed by atoms with Gasteiger partial charge in [-0.2, -0.15) is 0 Å². The third-order valence-electron chi connectivity index (χ3n) is 2.58. The number of rotatable bonds is 5. The van der Waals surface area contributed by atoms with Gasteiger partial charge in [-0.25, -0.2) is 0 Å². The Kier molecular flexibility index (Phi) is 6.29. The average Bonchev–Trinajstić information content (AvgIpc) is 2.21. The molecule has 1 rings (SSSR count). The van der Waals surface area contributed by atoms with Crippen molar-refractivity contribution in [1.82, 2.24) is 0 Å². The molecule has 0 spiro atoms. The van der Waals surface area contributed by atoms with Crippen molar-refractivity contribution < 1.29 is 5.11 Å². The second-order valence-electron chi connectivity index (χ2n) is 4.51. The number of aliphatic hydroxyl groups excluding tert-OH is 1. The van der Waals surface area contributed by atoms with Gasteiger partial charge in [-0.1, -0.05) is 42.6 Å². The summed E-state index contributed by atoms with van der Waals surface area (Å²) in [5, 5.41) is 10.1. The lowest BCUT2D eigenvalue weighted by molar-refractivity contribution is 0.161. The van der Waals surface area contributed by atoms with E-state index in [1.807, 2.05) is 18.2 Å². The highest BCUT2D eigenvalue weighted by atomic mass is 127. The summed E-state index contributed by atoms with van der Waals surface area (Å²) in [5.41, 5.74) is 1.01. The van der Waals surface area contributed by atoms with E-state index >= 15 is 0 Å². The van der Waals surface area contributed by atoms with E-state index in [1.54, 1.807) is 0 Å². The lowest BCUT2D eigenvalue weighted by atomic mass is 10.0. The van der Waals surface area contributed by atoms with Crippen molar-refractivity contribution in [2.75, 3.05) is 0 Å². The number of benzene rings is 1. The Morgan fingerprint density at radius 3 is 2.62 bits per heavy atom. The lowest BCUT2D eigenvalue weighted by Gasteiger charge is -2.14. The standard InChI is InChI=1S/C13H18BrIO/c1-9(2)4-3-5-13(16)11-8-10(15)6-7-12(11)14/h6-9,13,16H,3-5H2,1-2H3. The molecule has 0 radical (unpaired) electrons. The first-order valence-corrected chi connectivity index (χ1v) is 7.51. The van der Waals surface area contributed by atoms with Crippen molar-refractivity contribution in [3.05, 3.63) is 31.8 Å². The van der Waals surface area contributed by atoms with Gasteiger partial charge in [0.1, 0.15) is 0 Å². The predicted molar refractivity (Wildman–Crippen MR) is 80.5 cm³/mol. The Bertz CT molecular complexity index is 339. The van der Waals surface area contributed by atoms with E-state index in [9.17, 15) is 5.11 Å². The van der Waals surface area contributed by atoms with Crippen molar-refractivity contribution in [2.45, 2.75) is 39.2 Å². The smallest absolute Gasteiger partial charge is 0.0801 e. The highest BCUT2D eigenvalue weighted by molar-refractivity contribution is 14.1. The van der Waals surface area contributed by atoms with Crippen LogP contribution in [-0.2, 0) is 0 Å². The van der Waals surface area contributed by atoms with Crippen molar-refractivity contribution in [3.63, 3.8) is 0 Å². The minimum atomic E-state index is -0.345. The maximum absolute atomic E-state index is 10.1. The van der Waals surface area contributed by atoms with E-state index in [-0.39, 0.29) is 6.10 Å². The topological polar surface area (TPSA) is 20.2 Å². The number of halogens is 2. The highest BCUT2D eigenvalue weighted by Crippen LogP contribution is 2.28. The molecule has 0 aliphatic carbocycles. The van der Waals surface area contributed by atoms with Crippen LogP contribution in [0.25, 0.3) is 0 Å². The fourth-order valence-electron chi connectivity index (χ4n) is 1.64. The summed E-state index contributed by atoms with van der Waals surface area (Å²) >= 11 is 5.76. The Morgan fingerprint density at radius 2 is 2.00 bits per heavy atom. The van der Waals surface area contributed by atoms with Crippen molar-refractivity contribution in [2.24, 2.45) is 5.92 Å². The van der Waals surface area contributed by atoms with Crippen molar-refractivity contribution in [1.29, 1.82) is 0 Å². The Morgan fingerprint density at radius 1 is 1.31 bits per heavy atom. The zero-order chi connectivity index (χ0) is 12.1. The summed E-state index contributed by atoms with van der Waals surface area (Å²) in [6, 6.07) is 6.09. The third kappa shape index (κ3) is 4.72. The number of aliphatic hydroxyl groups is 1. The van der Waals surface area contributed by atoms with Gasteiger partial charge in [0, 0.05) is 8.04 Å². The van der Waals surface area contributed by atoms with Crippen LogP contribution >= 0.6 is 38.5 Å². The Hall–Kier alpha value is 0.390. The minimum Gasteiger partial charge on any atom is -0.388 e. The van der Waals surface area contributed by atoms with E-state index < -0.39 is 0 Å². The van der Waals surface area contributed by atoms with Crippen LogP contribution in [0.1, 0.15) is 44.8 Å². The van der Waals surface area contributed by atoms with E-state index in [0.717, 1.165) is 22.9 Å². The predicted octanol–water partition coefficient (Wildman–Crippen LogP) is 4.91. The summed E-state index contributed by atoms with van der Waals surface area (Å²) in [7, 11) is 0. The number of hydrogen-bond acceptors (Lipinski definition) is 1. The summed E-state index contributed by atoms with van der Waals surface area (Å²) < 4.78 is 2.17. The molecule has 16 heavy (non-hydrogen) atoms. The number of hydrogen-bond donors (Lipinski definition) is 1. The van der Waals surface area contributed by atoms with Gasteiger partial charge in [-0.3, -0.25) is 0 Å². The molecule has 0 amide bonds. The molecule has 0 fully saturated rings. The molecule has 1 aromatic rings. The monoisotopic (exact) mass is 396 g/mol. The molecule has 90 valence electrons. The van der Waals surface area contributed by atoms with Gasteiger partial charge < -0.3 is 5.11 Å². The van der Waals surface area contributed by atoms with Crippen LogP contribution in [0.3, 0.4) is 0 Å². The quantitative estimate of drug-likeness (QED) is 0.700. The molecule has 1 nitrogen and oxygen atoms in total. The molecule has 0 bridgehead atoms. The van der Waals surface area contributed by atoms with Gasteiger partial charge in [0.05, 0.1) is 6.10 Å². The van der Waals surface area contributed by atoms with Crippen LogP contribution in [0.2, 0.25) is 0 Å². The highest BCUT2D eigenvalue weighted by Gasteiger charge is 2.11. The summed E-state index contributed by atoms with van der Waals surface area (Å²) in [6.07, 6.45) is 2.76. The average molecular weight is 397 g/mol. The van der Waals surface area contributed by atoms with Gasteiger partial charge in [-0.05, 0) is 58.7 Å². The molecular formula is C13H18BrIO. The van der Waals surface area contributed by atoms with Gasteiger partial charge in [0.25, 0.3) is 0 Å². The molecule has 1 aromatic carbocycles. The van der Waals surface area contributed by atoms with Gasteiger partial charge in [0.2, 0.25) is 0 Å². The zero-order valence-electron chi connectivity index (χ0n) is 9.71. The third-order valence-corrected chi connectivity index (χ3v) is 3.97. The van der Waals surface area contributed by atoms with E-state index in [0.29, 0.717) is 5.92 Å². The second-order valence-corrected chi connectivity index (χ2v) is 6.61. The molecule has 3 heteroatoms. The maximum atomic E-state index is 10.1. The first-order valence-electron chi connectivity index (χ1n) is 5.63. The van der Waals surface area contributed by atoms with E-state index in [1.165, 1.54) is 9.99 Å². The molecule has 1 N–H and O–H groups in total. The van der Waals surface area contributed by atoms with E-state index in [2.05, 4.69) is 52.4 Å². The minimum absolute atomic E-state index is 0.345. The van der Waals surface area contributed by atoms with Crippen LogP contribution in [0, 0.1) is 9.49 Å². The van der Waals surface area contributed by atoms with Crippen LogP contribution in [0.15, 0.2) is 22.7 Å². The Labute approximate surface area is 120 Å². The molecule has 1 unspecified atom stereocenters. The normalized spacial score (nSPS) is 13.1. The van der Waals surface area contributed by atoms with Gasteiger partial charge in [-0.15, -0.1) is 0 Å². The molecule has 0 aliphatic rings. The molecule has 0 aliphatic heterocycles. The molecule has 0 saturated carbocycles. The van der Waals surface area contributed by atoms with Crippen molar-refractivity contribution in [3.8, 4) is 0 Å². The van der Waals surface area contributed by atoms with Crippen LogP contribution in [0.4, 0.5) is 0 Å². The van der Waals surface area contributed by atoms with Crippen molar-refractivity contribution >= 4 is 38.5 Å². The van der Waals surface area contributed by atoms with Crippen LogP contribution < -0.4 is 0 Å². The van der Waals surface area contributed by atoms with Crippen LogP contribution in [-0.4, -0.2) is 5.11 Å². The first kappa shape index (κ1) is 14.5. The molecule has 1 atom stereocenters. The molecule has 0 aromatic heterocycles. The maximum Gasteiger partial charge on any atom is 0.0801 e. The van der Waals surface area contributed by atoms with E-state index in [4.69, 9.17) is 0 Å². The zero-order valence-corrected chi connectivity index (χ0v) is 13.5. The Balaban J connectivity index is 2.58. The fourth-order valence-corrected chi connectivity index (χ4v) is 2.67. The summed E-state index contributed by atoms with van der Waals surface area (Å²) in [4.78, 5) is 0. The SMILES string of the molecule is CC(C)CCCC(O)c1cc(I)ccc1Br. The molecular weight excluding hydrogens is 379 g/mol. The summed E-state index contributed by atoms with van der Waals surface area (Å²) in [5.74, 6) is 0.714. The van der Waals surface area contributed by atoms with Gasteiger partial charge >= 0.3 is 0 Å². The lowest BCUT2D eigenvalue weighted by Crippen LogP contribution is -2.00. The van der Waals surface area contributed by atoms with Gasteiger partial charge in [0.15, 0.2) is 0 Å². The first-order chi connectivity index (χ1) is 7.50. The molecule has 0 heterocycles. The molecule has 0 saturated heterocycles.